The van der Waals surface area contributed by atoms with Crippen LogP contribution in [0.4, 0.5) is 0 Å². The highest BCUT2D eigenvalue weighted by Gasteiger charge is 2.70. The Balaban J connectivity index is 1.77. The molecule has 1 atom stereocenters. The average molecular weight is 353 g/mol. The van der Waals surface area contributed by atoms with Gasteiger partial charge in [0.1, 0.15) is 4.75 Å². The molecule has 4 heteroatoms. The molecule has 0 aliphatic heterocycles. The average Bonchev–Trinajstić information content (AvgIpc) is 2.41. The van der Waals surface area contributed by atoms with E-state index in [1.807, 2.05) is 20.8 Å². The monoisotopic (exact) mass is 352 g/mol. The van der Waals surface area contributed by atoms with Crippen LogP contribution in [0.25, 0.3) is 0 Å². The quantitative estimate of drug-likeness (QED) is 0.307. The highest BCUT2D eigenvalue weighted by molar-refractivity contribution is 7.85. The van der Waals surface area contributed by atoms with Crippen molar-refractivity contribution < 1.29 is 4.21 Å². The predicted octanol–water partition coefficient (Wildman–Crippen LogP) is 4.98. The lowest BCUT2D eigenvalue weighted by atomic mass is 9.32. The summed E-state index contributed by atoms with van der Waals surface area (Å²) in [4.78, 5) is 0. The van der Waals surface area contributed by atoms with E-state index in [0.29, 0.717) is 11.3 Å². The van der Waals surface area contributed by atoms with E-state index in [1.165, 1.54) is 30.5 Å². The first-order chi connectivity index (χ1) is 10.8. The largest absolute Gasteiger partial charge is 0.194 e. The third-order valence-electron chi connectivity index (χ3n) is 5.36. The van der Waals surface area contributed by atoms with Gasteiger partial charge in [0.2, 0.25) is 0 Å². The number of nitrogens with zero attached hydrogens (tertiary/aromatic N) is 1. The lowest BCUT2D eigenvalue weighted by Crippen LogP contribution is -2.68. The van der Waals surface area contributed by atoms with Gasteiger partial charge in [-0.05, 0) is 63.9 Å². The van der Waals surface area contributed by atoms with Crippen molar-refractivity contribution in [3.8, 4) is 0 Å². The fourth-order valence-corrected chi connectivity index (χ4v) is 5.07. The molecule has 0 aromatic heterocycles. The maximum Gasteiger partial charge on any atom is 0.194 e. The van der Waals surface area contributed by atoms with E-state index in [2.05, 4.69) is 30.3 Å². The third kappa shape index (κ3) is 3.02. The second kappa shape index (κ2) is 6.00. The molecule has 126 valence electrons. The van der Waals surface area contributed by atoms with Crippen LogP contribution in [-0.4, -0.2) is 16.3 Å². The zero-order chi connectivity index (χ0) is 16.7. The number of alkyl halides is 1. The summed E-state index contributed by atoms with van der Waals surface area (Å²) in [5, 5.41) is 0. The molecule has 2 nitrogen and oxygen atoms in total. The number of thiol groups is 1. The van der Waals surface area contributed by atoms with E-state index >= 15 is 0 Å². The van der Waals surface area contributed by atoms with Gasteiger partial charge in [-0.2, -0.15) is 0 Å². The molecule has 0 saturated heterocycles. The molecule has 2 bridgehead atoms. The molecule has 0 radical (unpaired) electrons. The van der Waals surface area contributed by atoms with E-state index in [-0.39, 0.29) is 10.2 Å². The van der Waals surface area contributed by atoms with E-state index in [4.69, 9.17) is 16.0 Å². The highest BCUT2D eigenvalue weighted by atomic mass is 35.5. The van der Waals surface area contributed by atoms with Gasteiger partial charge in [0.05, 0.1) is 5.71 Å². The molecule has 0 N–H and O–H groups in total. The molecule has 0 amide bonds. The highest BCUT2D eigenvalue weighted by Crippen LogP contribution is 2.74. The molecule has 3 aliphatic rings. The van der Waals surface area contributed by atoms with Gasteiger partial charge in [0, 0.05) is 11.3 Å². The first-order valence-corrected chi connectivity index (χ1v) is 10.2. The van der Waals surface area contributed by atoms with Crippen molar-refractivity contribution in [1.82, 2.24) is 0 Å². The summed E-state index contributed by atoms with van der Waals surface area (Å²) < 4.78 is 17.0. The van der Waals surface area contributed by atoms with Gasteiger partial charge < -0.3 is 0 Å². The zero-order valence-corrected chi connectivity index (χ0v) is 16.0. The Morgan fingerprint density at radius 1 is 1.22 bits per heavy atom. The Bertz CT molecular complexity index is 613. The molecule has 4 rings (SSSR count). The Labute approximate surface area is 147 Å². The first kappa shape index (κ1) is 17.2. The Kier molecular flexibility index (Phi) is 4.48. The van der Waals surface area contributed by atoms with Crippen LogP contribution >= 0.6 is 11.6 Å². The van der Waals surface area contributed by atoms with Crippen molar-refractivity contribution in [2.45, 2.75) is 63.0 Å². The Hall–Kier alpha value is -0.670. The van der Waals surface area contributed by atoms with Crippen LogP contribution in [0.1, 0.15) is 58.4 Å². The molecule has 3 fully saturated rings. The third-order valence-corrected chi connectivity index (χ3v) is 7.20. The number of hydrogen-bond acceptors (Lipinski definition) is 1. The van der Waals surface area contributed by atoms with E-state index in [0.717, 1.165) is 12.8 Å². The van der Waals surface area contributed by atoms with Crippen LogP contribution in [0, 0.1) is 5.41 Å². The molecule has 1 unspecified atom stereocenters. The van der Waals surface area contributed by atoms with Crippen molar-refractivity contribution in [2.24, 2.45) is 9.81 Å². The Morgan fingerprint density at radius 2 is 1.83 bits per heavy atom. The standard InChI is InChI=1S/C19H26ClNOS/c1-17(2,3)23(22)21-16(10-7-11-20)19-12-18(13-19,14-19)15-8-5-4-6-9-15/h4-6,8-9H,7,10-14H2,1-3H3/p+1/b21-16-. The van der Waals surface area contributed by atoms with E-state index < -0.39 is 11.0 Å². The van der Waals surface area contributed by atoms with Gasteiger partial charge in [0.15, 0.2) is 11.0 Å². The van der Waals surface area contributed by atoms with Gasteiger partial charge in [0.25, 0.3) is 0 Å². The van der Waals surface area contributed by atoms with Gasteiger partial charge in [-0.3, -0.25) is 0 Å². The number of hydrogen-bond donors (Lipinski definition) is 0. The first-order valence-electron chi connectivity index (χ1n) is 8.48. The molecule has 23 heavy (non-hydrogen) atoms. The van der Waals surface area contributed by atoms with Crippen LogP contribution in [0.3, 0.4) is 0 Å². The van der Waals surface area contributed by atoms with Crippen molar-refractivity contribution in [2.75, 3.05) is 5.88 Å². The summed E-state index contributed by atoms with van der Waals surface area (Å²) in [5.74, 6) is 0.644. The molecule has 1 aromatic carbocycles. The molecule has 1 aromatic rings. The molecular weight excluding hydrogens is 326 g/mol. The maximum atomic E-state index is 12.5. The van der Waals surface area contributed by atoms with Crippen LogP contribution < -0.4 is 0 Å². The van der Waals surface area contributed by atoms with Crippen LogP contribution in [0.2, 0.25) is 0 Å². The zero-order valence-electron chi connectivity index (χ0n) is 14.3. The second-order valence-corrected chi connectivity index (χ2v) is 10.7. The van der Waals surface area contributed by atoms with E-state index in [9.17, 15) is 4.21 Å². The predicted molar refractivity (Wildman–Crippen MR) is 101 cm³/mol. The summed E-state index contributed by atoms with van der Waals surface area (Å²) in [6.45, 7) is 6.01. The van der Waals surface area contributed by atoms with Crippen molar-refractivity contribution in [3.05, 3.63) is 35.9 Å². The lowest BCUT2D eigenvalue weighted by Gasteiger charge is -2.71. The van der Waals surface area contributed by atoms with Crippen molar-refractivity contribution in [3.63, 3.8) is 0 Å². The van der Waals surface area contributed by atoms with Crippen molar-refractivity contribution in [1.29, 1.82) is 0 Å². The second-order valence-electron chi connectivity index (χ2n) is 8.24. The minimum Gasteiger partial charge on any atom is -0.127 e. The van der Waals surface area contributed by atoms with Crippen LogP contribution in [-0.2, 0) is 20.6 Å². The summed E-state index contributed by atoms with van der Waals surface area (Å²) in [6, 6.07) is 10.8. The molecule has 0 heterocycles. The van der Waals surface area contributed by atoms with Gasteiger partial charge in [-0.15, -0.1) is 11.6 Å². The molecule has 3 aliphatic carbocycles. The van der Waals surface area contributed by atoms with E-state index in [1.54, 1.807) is 0 Å². The van der Waals surface area contributed by atoms with Crippen LogP contribution in [0.15, 0.2) is 34.7 Å². The topological polar surface area (TPSA) is 29.4 Å². The summed E-state index contributed by atoms with van der Waals surface area (Å²) in [7, 11) is -1.56. The number of halogens is 1. The van der Waals surface area contributed by atoms with Gasteiger partial charge >= 0.3 is 0 Å². The van der Waals surface area contributed by atoms with Gasteiger partial charge in [-0.25, -0.2) is 0 Å². The van der Waals surface area contributed by atoms with Crippen LogP contribution in [0.5, 0.6) is 0 Å². The fraction of sp³-hybridized carbons (Fsp3) is 0.632. The minimum atomic E-state index is -1.56. The van der Waals surface area contributed by atoms with Gasteiger partial charge in [-0.1, -0.05) is 38.9 Å². The maximum absolute atomic E-state index is 12.5. The normalized spacial score (nSPS) is 31.2. The number of benzene rings is 1. The summed E-state index contributed by atoms with van der Waals surface area (Å²) >= 11 is 5.89. The minimum absolute atomic E-state index is 0.206. The molecule has 3 saturated carbocycles. The van der Waals surface area contributed by atoms with Crippen molar-refractivity contribution >= 4 is 28.3 Å². The number of rotatable bonds is 6. The lowest BCUT2D eigenvalue weighted by molar-refractivity contribution is -0.0832. The fourth-order valence-electron chi connectivity index (χ4n) is 4.11. The molecule has 0 spiro atoms. The molecular formula is C19H27ClNOS+. The SMILES string of the molecule is CC(C)(C)[SH+](=O)/N=C(/CCCCl)C12CC(c3ccccc3)(C1)C2. The summed E-state index contributed by atoms with van der Waals surface area (Å²) in [5.41, 5.74) is 3.19. The summed E-state index contributed by atoms with van der Waals surface area (Å²) in [6.07, 6.45) is 5.31. The smallest absolute Gasteiger partial charge is 0.127 e. The Morgan fingerprint density at radius 3 is 2.35 bits per heavy atom.